The van der Waals surface area contributed by atoms with E-state index in [0.717, 1.165) is 23.2 Å². The molecular weight excluding hydrogens is 424 g/mol. The van der Waals surface area contributed by atoms with Gasteiger partial charge in [-0.3, -0.25) is 4.90 Å². The maximum absolute atomic E-state index is 4.47. The summed E-state index contributed by atoms with van der Waals surface area (Å²) >= 11 is 9.03. The predicted molar refractivity (Wildman–Crippen MR) is 76.9 cm³/mol. The third kappa shape index (κ3) is 2.07. The molecule has 0 N–H and O–H groups in total. The van der Waals surface area contributed by atoms with Gasteiger partial charge in [-0.1, -0.05) is 0 Å². The van der Waals surface area contributed by atoms with Crippen molar-refractivity contribution in [1.82, 2.24) is 12.9 Å². The first-order valence-corrected chi connectivity index (χ1v) is 7.00. The minimum Gasteiger partial charge on any atom is -0.286 e. The molecule has 6 heteroatoms. The highest BCUT2D eigenvalue weighted by Crippen LogP contribution is 2.26. The number of nitrogens with zero attached hydrogens (tertiary/aromatic N) is 3. The Balaban J connectivity index is 2.30. The second kappa shape index (κ2) is 4.46. The minimum absolute atomic E-state index is 0.326. The summed E-state index contributed by atoms with van der Waals surface area (Å²) in [5, 5.41) is 4.75. The topological polar surface area (TPSA) is 21.1 Å². The van der Waals surface area contributed by atoms with Crippen molar-refractivity contribution in [3.63, 3.8) is 0 Å². The van der Waals surface area contributed by atoms with E-state index in [-0.39, 0.29) is 0 Å². The van der Waals surface area contributed by atoms with Crippen LogP contribution in [-0.2, 0) is 13.0 Å². The number of hydrogen-bond acceptors (Lipinski definition) is 3. The summed E-state index contributed by atoms with van der Waals surface area (Å²) in [4.78, 5) is 2.36. The SMILES string of the molecule is CC(S)N1CCc2c(I)nn(I)c2C1. The van der Waals surface area contributed by atoms with E-state index in [1.54, 1.807) is 0 Å². The van der Waals surface area contributed by atoms with Gasteiger partial charge in [0.05, 0.1) is 33.9 Å². The molecule has 0 saturated carbocycles. The van der Waals surface area contributed by atoms with Crippen LogP contribution in [0.4, 0.5) is 0 Å². The Morgan fingerprint density at radius 3 is 2.93 bits per heavy atom. The van der Waals surface area contributed by atoms with Crippen LogP contribution in [0, 0.1) is 3.70 Å². The zero-order valence-corrected chi connectivity index (χ0v) is 13.0. The van der Waals surface area contributed by atoms with Crippen LogP contribution in [0.3, 0.4) is 0 Å². The standard InChI is InChI=1S/C8H11I2N3S/c1-5(14)12-3-2-6-7(4-12)13(10)11-8(6)9/h5,14H,2-4H2,1H3. The molecule has 1 aliphatic heterocycles. The van der Waals surface area contributed by atoms with E-state index in [0.29, 0.717) is 5.37 Å². The first kappa shape index (κ1) is 11.5. The molecule has 2 rings (SSSR count). The lowest BCUT2D eigenvalue weighted by Crippen LogP contribution is -2.35. The number of fused-ring (bicyclic) bond motifs is 1. The average molecular weight is 435 g/mol. The molecule has 0 spiro atoms. The largest absolute Gasteiger partial charge is 0.286 e. The maximum Gasteiger partial charge on any atom is 0.127 e. The van der Waals surface area contributed by atoms with E-state index in [1.807, 2.05) is 2.90 Å². The van der Waals surface area contributed by atoms with Crippen LogP contribution in [0.5, 0.6) is 0 Å². The summed E-state index contributed by atoms with van der Waals surface area (Å²) in [5.41, 5.74) is 2.76. The monoisotopic (exact) mass is 435 g/mol. The van der Waals surface area contributed by atoms with Crippen LogP contribution in [0.1, 0.15) is 18.2 Å². The molecule has 0 saturated heterocycles. The Morgan fingerprint density at radius 1 is 1.57 bits per heavy atom. The number of hydrogen-bond donors (Lipinski definition) is 1. The lowest BCUT2D eigenvalue weighted by molar-refractivity contribution is 0.245. The average Bonchev–Trinajstić information content (AvgIpc) is 2.42. The summed E-state index contributed by atoms with van der Waals surface area (Å²) in [6.45, 7) is 4.18. The van der Waals surface area contributed by atoms with Crippen LogP contribution in [0.25, 0.3) is 0 Å². The number of rotatable bonds is 1. The van der Waals surface area contributed by atoms with E-state index in [1.165, 1.54) is 11.3 Å². The first-order valence-electron chi connectivity index (χ1n) is 4.44. The smallest absolute Gasteiger partial charge is 0.127 e. The van der Waals surface area contributed by atoms with Gasteiger partial charge in [-0.2, -0.15) is 17.7 Å². The molecular formula is C8H11I2N3S. The Morgan fingerprint density at radius 2 is 2.29 bits per heavy atom. The van der Waals surface area contributed by atoms with E-state index in [2.05, 4.69) is 75.0 Å². The van der Waals surface area contributed by atoms with Gasteiger partial charge in [0.25, 0.3) is 0 Å². The van der Waals surface area contributed by atoms with E-state index >= 15 is 0 Å². The lowest BCUT2D eigenvalue weighted by Gasteiger charge is -2.29. The van der Waals surface area contributed by atoms with Gasteiger partial charge in [0, 0.05) is 18.7 Å². The summed E-state index contributed by atoms with van der Waals surface area (Å²) in [7, 11) is 0. The first-order chi connectivity index (χ1) is 6.59. The third-order valence-electron chi connectivity index (χ3n) is 2.53. The molecule has 1 unspecified atom stereocenters. The quantitative estimate of drug-likeness (QED) is 0.541. The summed E-state index contributed by atoms with van der Waals surface area (Å²) in [6, 6.07) is 0. The predicted octanol–water partition coefficient (Wildman–Crippen LogP) is 2.32. The van der Waals surface area contributed by atoms with Crippen LogP contribution >= 0.6 is 58.1 Å². The summed E-state index contributed by atoms with van der Waals surface area (Å²) < 4.78 is 3.12. The van der Waals surface area contributed by atoms with Crippen LogP contribution in [0.15, 0.2) is 0 Å². The van der Waals surface area contributed by atoms with E-state index < -0.39 is 0 Å². The van der Waals surface area contributed by atoms with Crippen molar-refractivity contribution in [2.75, 3.05) is 6.54 Å². The summed E-state index contributed by atoms with van der Waals surface area (Å²) in [6.07, 6.45) is 1.10. The molecule has 0 aliphatic carbocycles. The Hall–Kier alpha value is 0.980. The summed E-state index contributed by atoms with van der Waals surface area (Å²) in [5.74, 6) is 0. The molecule has 1 atom stereocenters. The van der Waals surface area contributed by atoms with Crippen molar-refractivity contribution in [1.29, 1.82) is 0 Å². The highest BCUT2D eigenvalue weighted by molar-refractivity contribution is 14.1. The van der Waals surface area contributed by atoms with Gasteiger partial charge in [0.2, 0.25) is 0 Å². The molecule has 0 amide bonds. The molecule has 0 bridgehead atoms. The highest BCUT2D eigenvalue weighted by Gasteiger charge is 2.24. The number of halogens is 2. The lowest BCUT2D eigenvalue weighted by atomic mass is 10.1. The van der Waals surface area contributed by atoms with Crippen LogP contribution in [-0.4, -0.2) is 24.8 Å². The van der Waals surface area contributed by atoms with Crippen molar-refractivity contribution in [3.8, 4) is 0 Å². The highest BCUT2D eigenvalue weighted by atomic mass is 127. The van der Waals surface area contributed by atoms with Gasteiger partial charge in [0.15, 0.2) is 0 Å². The normalized spacial score (nSPS) is 19.4. The van der Waals surface area contributed by atoms with Crippen molar-refractivity contribution >= 4 is 58.1 Å². The van der Waals surface area contributed by atoms with Gasteiger partial charge >= 0.3 is 0 Å². The van der Waals surface area contributed by atoms with Crippen molar-refractivity contribution < 1.29 is 0 Å². The van der Waals surface area contributed by atoms with Crippen LogP contribution in [0.2, 0.25) is 0 Å². The van der Waals surface area contributed by atoms with E-state index in [4.69, 9.17) is 0 Å². The molecule has 14 heavy (non-hydrogen) atoms. The number of thiol groups is 1. The van der Waals surface area contributed by atoms with Gasteiger partial charge in [-0.05, 0) is 35.9 Å². The van der Waals surface area contributed by atoms with Crippen molar-refractivity contribution in [2.24, 2.45) is 0 Å². The van der Waals surface area contributed by atoms with Gasteiger partial charge < -0.3 is 0 Å². The van der Waals surface area contributed by atoms with Crippen molar-refractivity contribution in [3.05, 3.63) is 15.0 Å². The van der Waals surface area contributed by atoms with Gasteiger partial charge in [-0.25, -0.2) is 2.90 Å². The molecule has 0 aromatic carbocycles. The molecule has 0 fully saturated rings. The van der Waals surface area contributed by atoms with Gasteiger partial charge in [-0.15, -0.1) is 0 Å². The second-order valence-corrected chi connectivity index (χ2v) is 6.11. The molecule has 78 valence electrons. The molecule has 1 aliphatic rings. The molecule has 2 heterocycles. The maximum atomic E-state index is 4.47. The minimum atomic E-state index is 0.326. The molecule has 3 nitrogen and oxygen atoms in total. The zero-order valence-electron chi connectivity index (χ0n) is 7.74. The Kier molecular flexibility index (Phi) is 3.65. The Labute approximate surface area is 117 Å². The molecule has 1 aromatic rings. The fourth-order valence-electron chi connectivity index (χ4n) is 1.68. The van der Waals surface area contributed by atoms with Gasteiger partial charge in [0.1, 0.15) is 3.70 Å². The molecule has 1 aromatic heterocycles. The zero-order chi connectivity index (χ0) is 10.3. The van der Waals surface area contributed by atoms with Crippen molar-refractivity contribution in [2.45, 2.75) is 25.3 Å². The van der Waals surface area contributed by atoms with E-state index in [9.17, 15) is 0 Å². The second-order valence-electron chi connectivity index (χ2n) is 3.43. The molecule has 0 radical (unpaired) electrons. The fraction of sp³-hybridized carbons (Fsp3) is 0.625. The Bertz CT molecular complexity index is 351. The third-order valence-corrected chi connectivity index (χ3v) is 4.52. The fourth-order valence-corrected chi connectivity index (χ4v) is 3.74. The number of aromatic nitrogens is 2. The van der Waals surface area contributed by atoms with Crippen LogP contribution < -0.4 is 0 Å².